The Balaban J connectivity index is 2.09. The number of aryl methyl sites for hydroxylation is 2. The highest BCUT2D eigenvalue weighted by atomic mass is 16.5. The fourth-order valence-electron chi connectivity index (χ4n) is 2.59. The Morgan fingerprint density at radius 1 is 1.00 bits per heavy atom. The lowest BCUT2D eigenvalue weighted by Crippen LogP contribution is -2.03. The van der Waals surface area contributed by atoms with Gasteiger partial charge < -0.3 is 10.5 Å². The summed E-state index contributed by atoms with van der Waals surface area (Å²) in [5.74, 6) is 1.61. The van der Waals surface area contributed by atoms with E-state index < -0.39 is 0 Å². The van der Waals surface area contributed by atoms with E-state index in [0.717, 1.165) is 39.2 Å². The lowest BCUT2D eigenvalue weighted by molar-refractivity contribution is 0.483. The van der Waals surface area contributed by atoms with Crippen molar-refractivity contribution in [2.24, 2.45) is 5.73 Å². The van der Waals surface area contributed by atoms with E-state index in [0.29, 0.717) is 5.70 Å². The lowest BCUT2D eigenvalue weighted by atomic mass is 10.0. The highest BCUT2D eigenvalue weighted by molar-refractivity contribution is 5.91. The van der Waals surface area contributed by atoms with E-state index in [1.54, 1.807) is 0 Å². The number of nitrogens with two attached hydrogens (primary N) is 1. The maximum atomic E-state index is 5.89. The third-order valence-electron chi connectivity index (χ3n) is 3.70. The minimum absolute atomic E-state index is 0.493. The Hall–Kier alpha value is -2.81. The normalized spacial score (nSPS) is 10.6. The van der Waals surface area contributed by atoms with Gasteiger partial charge in [0, 0.05) is 11.1 Å². The molecule has 0 spiro atoms. The van der Waals surface area contributed by atoms with Crippen LogP contribution in [-0.4, -0.2) is 4.98 Å². The number of pyridine rings is 1. The predicted molar refractivity (Wildman–Crippen MR) is 91.0 cm³/mol. The molecule has 22 heavy (non-hydrogen) atoms. The molecule has 0 aliphatic heterocycles. The highest BCUT2D eigenvalue weighted by Gasteiger charge is 2.10. The Morgan fingerprint density at radius 2 is 1.73 bits per heavy atom. The SMILES string of the molecule is C=C(N)c1nc(C)c2cc(Oc3ccccc3)ccc2c1C. The molecular weight excluding hydrogens is 272 g/mol. The van der Waals surface area contributed by atoms with Gasteiger partial charge in [0.15, 0.2) is 0 Å². The quantitative estimate of drug-likeness (QED) is 0.768. The minimum atomic E-state index is 0.493. The number of para-hydroxylation sites is 1. The third kappa shape index (κ3) is 2.53. The van der Waals surface area contributed by atoms with Crippen molar-refractivity contribution in [2.75, 3.05) is 0 Å². The zero-order valence-corrected chi connectivity index (χ0v) is 12.8. The third-order valence-corrected chi connectivity index (χ3v) is 3.70. The molecule has 3 rings (SSSR count). The molecule has 2 aromatic carbocycles. The summed E-state index contributed by atoms with van der Waals surface area (Å²) in [5.41, 5.74) is 9.04. The average molecular weight is 290 g/mol. The zero-order valence-electron chi connectivity index (χ0n) is 12.8. The first-order chi connectivity index (χ1) is 10.6. The van der Waals surface area contributed by atoms with Crippen molar-refractivity contribution in [1.29, 1.82) is 0 Å². The van der Waals surface area contributed by atoms with Crippen LogP contribution in [0.5, 0.6) is 11.5 Å². The van der Waals surface area contributed by atoms with Gasteiger partial charge in [-0.1, -0.05) is 30.8 Å². The molecule has 0 unspecified atom stereocenters. The topological polar surface area (TPSA) is 48.1 Å². The Kier molecular flexibility index (Phi) is 3.55. The lowest BCUT2D eigenvalue weighted by Gasteiger charge is -2.13. The molecule has 0 aliphatic carbocycles. The van der Waals surface area contributed by atoms with Crippen LogP contribution < -0.4 is 10.5 Å². The molecule has 2 N–H and O–H groups in total. The molecule has 3 heteroatoms. The number of fused-ring (bicyclic) bond motifs is 1. The Morgan fingerprint density at radius 3 is 2.41 bits per heavy atom. The van der Waals surface area contributed by atoms with Gasteiger partial charge in [-0.25, -0.2) is 0 Å². The van der Waals surface area contributed by atoms with Crippen molar-refractivity contribution < 1.29 is 4.74 Å². The fourth-order valence-corrected chi connectivity index (χ4v) is 2.59. The number of ether oxygens (including phenoxy) is 1. The summed E-state index contributed by atoms with van der Waals surface area (Å²) in [6, 6.07) is 15.8. The number of hydrogen-bond acceptors (Lipinski definition) is 3. The average Bonchev–Trinajstić information content (AvgIpc) is 2.51. The second-order valence-electron chi connectivity index (χ2n) is 5.32. The van der Waals surface area contributed by atoms with E-state index >= 15 is 0 Å². The number of benzene rings is 2. The van der Waals surface area contributed by atoms with Crippen LogP contribution in [-0.2, 0) is 0 Å². The van der Waals surface area contributed by atoms with Gasteiger partial charge >= 0.3 is 0 Å². The van der Waals surface area contributed by atoms with Gasteiger partial charge in [-0.15, -0.1) is 0 Å². The van der Waals surface area contributed by atoms with Crippen molar-refractivity contribution >= 4 is 16.5 Å². The maximum Gasteiger partial charge on any atom is 0.128 e. The number of hydrogen-bond donors (Lipinski definition) is 1. The molecule has 0 fully saturated rings. The van der Waals surface area contributed by atoms with E-state index in [9.17, 15) is 0 Å². The van der Waals surface area contributed by atoms with Gasteiger partial charge in [0.25, 0.3) is 0 Å². The largest absolute Gasteiger partial charge is 0.457 e. The zero-order chi connectivity index (χ0) is 15.7. The van der Waals surface area contributed by atoms with E-state index in [1.165, 1.54) is 0 Å². The van der Waals surface area contributed by atoms with Crippen LogP contribution in [0.25, 0.3) is 16.5 Å². The van der Waals surface area contributed by atoms with Crippen LogP contribution in [0.1, 0.15) is 17.0 Å². The summed E-state index contributed by atoms with van der Waals surface area (Å²) in [4.78, 5) is 4.57. The first kappa shape index (κ1) is 14.1. The van der Waals surface area contributed by atoms with Gasteiger partial charge in [-0.3, -0.25) is 4.98 Å². The Bertz CT molecular complexity index is 854. The molecule has 0 atom stereocenters. The van der Waals surface area contributed by atoms with Crippen LogP contribution in [0.3, 0.4) is 0 Å². The molecule has 110 valence electrons. The number of aromatic nitrogens is 1. The molecule has 1 aromatic heterocycles. The minimum Gasteiger partial charge on any atom is -0.457 e. The summed E-state index contributed by atoms with van der Waals surface area (Å²) < 4.78 is 5.89. The fraction of sp³-hybridized carbons (Fsp3) is 0.105. The molecular formula is C19H18N2O. The second-order valence-corrected chi connectivity index (χ2v) is 5.32. The van der Waals surface area contributed by atoms with Gasteiger partial charge in [-0.05, 0) is 49.1 Å². The van der Waals surface area contributed by atoms with Gasteiger partial charge in [-0.2, -0.15) is 0 Å². The van der Waals surface area contributed by atoms with Crippen molar-refractivity contribution in [3.63, 3.8) is 0 Å². The van der Waals surface area contributed by atoms with Crippen molar-refractivity contribution in [3.05, 3.63) is 72.1 Å². The summed E-state index contributed by atoms with van der Waals surface area (Å²) in [7, 11) is 0. The first-order valence-electron chi connectivity index (χ1n) is 7.15. The van der Waals surface area contributed by atoms with Crippen LogP contribution in [0.2, 0.25) is 0 Å². The monoisotopic (exact) mass is 290 g/mol. The molecule has 1 heterocycles. The Labute approximate surface area is 130 Å². The second kappa shape index (κ2) is 5.53. The molecule has 0 saturated carbocycles. The van der Waals surface area contributed by atoms with Crippen molar-refractivity contribution in [3.8, 4) is 11.5 Å². The molecule has 0 amide bonds. The smallest absolute Gasteiger partial charge is 0.128 e. The molecule has 0 saturated heterocycles. The van der Waals surface area contributed by atoms with Gasteiger partial charge in [0.05, 0.1) is 11.4 Å². The van der Waals surface area contributed by atoms with Gasteiger partial charge in [0.1, 0.15) is 11.5 Å². The van der Waals surface area contributed by atoms with Crippen molar-refractivity contribution in [1.82, 2.24) is 4.98 Å². The number of rotatable bonds is 3. The first-order valence-corrected chi connectivity index (χ1v) is 7.15. The highest BCUT2D eigenvalue weighted by Crippen LogP contribution is 2.30. The number of nitrogens with zero attached hydrogens (tertiary/aromatic N) is 1. The summed E-state index contributed by atoms with van der Waals surface area (Å²) in [6.45, 7) is 7.78. The summed E-state index contributed by atoms with van der Waals surface area (Å²) in [5, 5.41) is 2.19. The van der Waals surface area contributed by atoms with Crippen LogP contribution in [0.4, 0.5) is 0 Å². The maximum absolute atomic E-state index is 5.89. The van der Waals surface area contributed by atoms with Gasteiger partial charge in [0.2, 0.25) is 0 Å². The molecule has 0 aliphatic rings. The predicted octanol–water partition coefficient (Wildman–Crippen LogP) is 4.57. The van der Waals surface area contributed by atoms with Crippen molar-refractivity contribution in [2.45, 2.75) is 13.8 Å². The summed E-state index contributed by atoms with van der Waals surface area (Å²) >= 11 is 0. The molecule has 0 radical (unpaired) electrons. The van der Waals surface area contributed by atoms with E-state index in [4.69, 9.17) is 10.5 Å². The molecule has 0 bridgehead atoms. The van der Waals surface area contributed by atoms with E-state index in [-0.39, 0.29) is 0 Å². The van der Waals surface area contributed by atoms with Crippen LogP contribution >= 0.6 is 0 Å². The summed E-state index contributed by atoms with van der Waals surface area (Å²) in [6.07, 6.45) is 0. The molecule has 3 nitrogen and oxygen atoms in total. The van der Waals surface area contributed by atoms with Crippen LogP contribution in [0.15, 0.2) is 55.1 Å². The van der Waals surface area contributed by atoms with E-state index in [2.05, 4.69) is 11.6 Å². The standard InChI is InChI=1S/C19H18N2O/c1-12-17-10-9-16(22-15-7-5-4-6-8-15)11-18(17)14(3)21-19(12)13(2)20/h4-11H,2,20H2,1,3H3. The van der Waals surface area contributed by atoms with Crippen LogP contribution in [0, 0.1) is 13.8 Å². The molecule has 3 aromatic rings. The van der Waals surface area contributed by atoms with E-state index in [1.807, 2.05) is 62.4 Å².